The summed E-state index contributed by atoms with van der Waals surface area (Å²) >= 11 is 0. The Morgan fingerprint density at radius 3 is 1.91 bits per heavy atom. The van der Waals surface area contributed by atoms with Gasteiger partial charge in [0, 0.05) is 25.2 Å². The van der Waals surface area contributed by atoms with Gasteiger partial charge in [0.1, 0.15) is 11.6 Å². The van der Waals surface area contributed by atoms with Gasteiger partial charge in [0.05, 0.1) is 20.3 Å². The number of ether oxygens (including phenoxy) is 2. The maximum Gasteiger partial charge on any atom is 0.160 e. The first-order valence-electron chi connectivity index (χ1n) is 11.5. The van der Waals surface area contributed by atoms with Gasteiger partial charge >= 0.3 is 0 Å². The fourth-order valence-corrected chi connectivity index (χ4v) is 4.93. The summed E-state index contributed by atoms with van der Waals surface area (Å²) in [5, 5.41) is 0. The van der Waals surface area contributed by atoms with Gasteiger partial charge in [0.2, 0.25) is 0 Å². The van der Waals surface area contributed by atoms with E-state index in [9.17, 15) is 8.78 Å². The summed E-state index contributed by atoms with van der Waals surface area (Å²) in [6.07, 6.45) is 0.819. The molecule has 4 rings (SSSR count). The molecule has 0 aromatic heterocycles. The minimum Gasteiger partial charge on any atom is -0.493 e. The average molecular weight is 467 g/mol. The first-order chi connectivity index (χ1) is 16.3. The van der Waals surface area contributed by atoms with E-state index in [-0.39, 0.29) is 23.2 Å². The molecule has 0 saturated carbocycles. The first kappa shape index (κ1) is 24.2. The Hall–Kier alpha value is -2.96. The summed E-state index contributed by atoms with van der Waals surface area (Å²) in [7, 11) is 5.44. The number of likely N-dealkylation sites (N-methyl/N-ethyl adjacent to an activating group) is 1. The zero-order valence-corrected chi connectivity index (χ0v) is 20.2. The van der Waals surface area contributed by atoms with Crippen LogP contribution < -0.4 is 9.47 Å². The molecule has 1 heterocycles. The SMILES string of the molecule is COc1ccc(CC2(C)CN(C(c3ccc(F)cc3)c3ccc(F)cc3)CCN2C)cc1OC. The van der Waals surface area contributed by atoms with Gasteiger partial charge in [0.25, 0.3) is 0 Å². The van der Waals surface area contributed by atoms with Crippen LogP contribution in [0.1, 0.15) is 29.7 Å². The highest BCUT2D eigenvalue weighted by atomic mass is 19.1. The Labute approximate surface area is 200 Å². The smallest absolute Gasteiger partial charge is 0.160 e. The van der Waals surface area contributed by atoms with Gasteiger partial charge in [-0.3, -0.25) is 9.80 Å². The van der Waals surface area contributed by atoms with Gasteiger partial charge < -0.3 is 9.47 Å². The van der Waals surface area contributed by atoms with Crippen LogP contribution in [0.25, 0.3) is 0 Å². The van der Waals surface area contributed by atoms with Crippen LogP contribution in [0.15, 0.2) is 66.7 Å². The molecule has 1 unspecified atom stereocenters. The van der Waals surface area contributed by atoms with Crippen molar-refractivity contribution >= 4 is 0 Å². The second-order valence-electron chi connectivity index (χ2n) is 9.26. The summed E-state index contributed by atoms with van der Waals surface area (Å²) in [6.45, 7) is 4.78. The molecule has 1 saturated heterocycles. The quantitative estimate of drug-likeness (QED) is 0.471. The molecule has 0 radical (unpaired) electrons. The van der Waals surface area contributed by atoms with Crippen molar-refractivity contribution in [3.63, 3.8) is 0 Å². The van der Waals surface area contributed by atoms with Crippen LogP contribution in [0.4, 0.5) is 8.78 Å². The third-order valence-corrected chi connectivity index (χ3v) is 6.96. The number of benzene rings is 3. The van der Waals surface area contributed by atoms with Crippen LogP contribution in [0.2, 0.25) is 0 Å². The summed E-state index contributed by atoms with van der Waals surface area (Å²) in [5.41, 5.74) is 2.99. The number of hydrogen-bond donors (Lipinski definition) is 0. The van der Waals surface area contributed by atoms with Crippen molar-refractivity contribution in [2.45, 2.75) is 24.9 Å². The fourth-order valence-electron chi connectivity index (χ4n) is 4.93. The van der Waals surface area contributed by atoms with Gasteiger partial charge in [-0.25, -0.2) is 8.78 Å². The lowest BCUT2D eigenvalue weighted by Crippen LogP contribution is -2.60. The van der Waals surface area contributed by atoms with E-state index >= 15 is 0 Å². The average Bonchev–Trinajstić information content (AvgIpc) is 2.84. The van der Waals surface area contributed by atoms with E-state index in [4.69, 9.17) is 9.47 Å². The topological polar surface area (TPSA) is 24.9 Å². The number of nitrogens with zero attached hydrogens (tertiary/aromatic N) is 2. The summed E-state index contributed by atoms with van der Waals surface area (Å²) in [5.74, 6) is 0.897. The molecular formula is C28H32F2N2O2. The molecule has 3 aromatic rings. The molecule has 0 spiro atoms. The number of halogens is 2. The molecule has 1 fully saturated rings. The van der Waals surface area contributed by atoms with E-state index in [2.05, 4.69) is 29.8 Å². The summed E-state index contributed by atoms with van der Waals surface area (Å²) in [6, 6.07) is 19.2. The van der Waals surface area contributed by atoms with Crippen molar-refractivity contribution in [3.8, 4) is 11.5 Å². The molecule has 180 valence electrons. The predicted molar refractivity (Wildman–Crippen MR) is 131 cm³/mol. The lowest BCUT2D eigenvalue weighted by Gasteiger charge is -2.50. The third kappa shape index (κ3) is 5.08. The van der Waals surface area contributed by atoms with Crippen LogP contribution in [-0.4, -0.2) is 56.2 Å². The standard InChI is InChI=1S/C28H32F2N2O2/c1-28(18-20-5-14-25(33-3)26(17-20)34-4)19-32(16-15-31(28)2)27(21-6-10-23(29)11-7-21)22-8-12-24(30)13-9-22/h5-14,17,27H,15-16,18-19H2,1-4H3. The van der Waals surface area contributed by atoms with Crippen molar-refractivity contribution in [2.24, 2.45) is 0 Å². The molecular weight excluding hydrogens is 434 g/mol. The lowest BCUT2D eigenvalue weighted by atomic mass is 9.86. The minimum absolute atomic E-state index is 0.0976. The Morgan fingerprint density at radius 1 is 0.824 bits per heavy atom. The maximum absolute atomic E-state index is 13.7. The zero-order chi connectivity index (χ0) is 24.3. The third-order valence-electron chi connectivity index (χ3n) is 6.96. The molecule has 0 bridgehead atoms. The highest BCUT2D eigenvalue weighted by Gasteiger charge is 2.39. The maximum atomic E-state index is 13.7. The van der Waals surface area contributed by atoms with Gasteiger partial charge in [-0.15, -0.1) is 0 Å². The van der Waals surface area contributed by atoms with Crippen molar-refractivity contribution in [2.75, 3.05) is 40.9 Å². The highest BCUT2D eigenvalue weighted by Crippen LogP contribution is 2.36. The summed E-state index contributed by atoms with van der Waals surface area (Å²) in [4.78, 5) is 4.81. The van der Waals surface area contributed by atoms with Gasteiger partial charge in [-0.05, 0) is 73.5 Å². The van der Waals surface area contributed by atoms with Crippen molar-refractivity contribution in [3.05, 3.63) is 95.1 Å². The van der Waals surface area contributed by atoms with E-state index in [1.54, 1.807) is 14.2 Å². The van der Waals surface area contributed by atoms with E-state index in [0.717, 1.165) is 48.5 Å². The van der Waals surface area contributed by atoms with Gasteiger partial charge in [-0.1, -0.05) is 30.3 Å². The number of piperazine rings is 1. The van der Waals surface area contributed by atoms with E-state index in [1.807, 2.05) is 36.4 Å². The normalized spacial score (nSPS) is 19.4. The molecule has 0 aliphatic carbocycles. The molecule has 4 nitrogen and oxygen atoms in total. The Morgan fingerprint density at radius 2 is 1.38 bits per heavy atom. The summed E-state index contributed by atoms with van der Waals surface area (Å²) < 4.78 is 38.3. The second-order valence-corrected chi connectivity index (χ2v) is 9.26. The predicted octanol–water partition coefficient (Wildman–Crippen LogP) is 5.32. The molecule has 1 atom stereocenters. The van der Waals surface area contributed by atoms with E-state index in [1.165, 1.54) is 24.3 Å². The van der Waals surface area contributed by atoms with Crippen molar-refractivity contribution in [1.82, 2.24) is 9.80 Å². The van der Waals surface area contributed by atoms with Crippen LogP contribution in [0, 0.1) is 11.6 Å². The molecule has 34 heavy (non-hydrogen) atoms. The molecule has 1 aliphatic heterocycles. The van der Waals surface area contributed by atoms with Crippen LogP contribution in [0.5, 0.6) is 11.5 Å². The Kier molecular flexibility index (Phi) is 7.19. The number of hydrogen-bond acceptors (Lipinski definition) is 4. The fraction of sp³-hybridized carbons (Fsp3) is 0.357. The Balaban J connectivity index is 1.66. The minimum atomic E-state index is -0.265. The monoisotopic (exact) mass is 466 g/mol. The largest absolute Gasteiger partial charge is 0.493 e. The number of methoxy groups -OCH3 is 2. The van der Waals surface area contributed by atoms with Crippen molar-refractivity contribution in [1.29, 1.82) is 0 Å². The molecule has 3 aromatic carbocycles. The van der Waals surface area contributed by atoms with E-state index in [0.29, 0.717) is 5.75 Å². The molecule has 0 N–H and O–H groups in total. The van der Waals surface area contributed by atoms with Crippen molar-refractivity contribution < 1.29 is 18.3 Å². The number of rotatable bonds is 7. The van der Waals surface area contributed by atoms with Crippen LogP contribution in [-0.2, 0) is 6.42 Å². The highest BCUT2D eigenvalue weighted by molar-refractivity contribution is 5.43. The second kappa shape index (κ2) is 10.1. The van der Waals surface area contributed by atoms with Gasteiger partial charge in [-0.2, -0.15) is 0 Å². The molecule has 0 amide bonds. The van der Waals surface area contributed by atoms with Crippen LogP contribution >= 0.6 is 0 Å². The molecule has 1 aliphatic rings. The zero-order valence-electron chi connectivity index (χ0n) is 20.2. The Bertz CT molecular complexity index is 1060. The van der Waals surface area contributed by atoms with Gasteiger partial charge in [0.15, 0.2) is 11.5 Å². The first-order valence-corrected chi connectivity index (χ1v) is 11.5. The molecule has 6 heteroatoms. The van der Waals surface area contributed by atoms with E-state index < -0.39 is 0 Å². The van der Waals surface area contributed by atoms with Crippen LogP contribution in [0.3, 0.4) is 0 Å². The lowest BCUT2D eigenvalue weighted by molar-refractivity contribution is 0.0133.